The number of carbonyl (C=O) groups excluding carboxylic acids is 2. The van der Waals surface area contributed by atoms with Gasteiger partial charge in [0.05, 0.1) is 24.6 Å². The van der Waals surface area contributed by atoms with Crippen LogP contribution >= 0.6 is 0 Å². The summed E-state index contributed by atoms with van der Waals surface area (Å²) in [4.78, 5) is 35.2. The molecule has 8 heteroatoms. The van der Waals surface area contributed by atoms with Gasteiger partial charge in [0.1, 0.15) is 0 Å². The molecule has 1 aliphatic carbocycles. The summed E-state index contributed by atoms with van der Waals surface area (Å²) < 4.78 is 5.43. The van der Waals surface area contributed by atoms with Gasteiger partial charge in [-0.05, 0) is 36.6 Å². The summed E-state index contributed by atoms with van der Waals surface area (Å²) >= 11 is 0. The zero-order valence-electron chi connectivity index (χ0n) is 20.9. The zero-order chi connectivity index (χ0) is 24.9. The number of urea groups is 1. The maximum atomic E-state index is 13.4. The number of carbonyl (C=O) groups is 2. The number of hydrogen-bond donors (Lipinski definition) is 2. The Bertz CT molecular complexity index is 1120. The molecule has 1 saturated carbocycles. The van der Waals surface area contributed by atoms with Gasteiger partial charge in [-0.25, -0.2) is 4.79 Å². The predicted octanol–water partition coefficient (Wildman–Crippen LogP) is 4.01. The lowest BCUT2D eigenvalue weighted by atomic mass is 9.83. The van der Waals surface area contributed by atoms with Gasteiger partial charge in [0.15, 0.2) is 0 Å². The van der Waals surface area contributed by atoms with E-state index in [1.807, 2.05) is 42.5 Å². The van der Waals surface area contributed by atoms with Crippen LogP contribution in [-0.4, -0.2) is 62.1 Å². The molecule has 2 heterocycles. The molecule has 190 valence electrons. The second-order valence-corrected chi connectivity index (χ2v) is 9.85. The molecule has 2 N–H and O–H groups in total. The van der Waals surface area contributed by atoms with Crippen LogP contribution in [0.4, 0.5) is 16.2 Å². The smallest absolute Gasteiger partial charge is 0.321 e. The Labute approximate surface area is 212 Å². The summed E-state index contributed by atoms with van der Waals surface area (Å²) in [5.74, 6) is 0.0490. The normalized spacial score (nSPS) is 21.4. The van der Waals surface area contributed by atoms with E-state index >= 15 is 0 Å². The van der Waals surface area contributed by atoms with Gasteiger partial charge >= 0.3 is 6.03 Å². The Morgan fingerprint density at radius 2 is 1.83 bits per heavy atom. The van der Waals surface area contributed by atoms with E-state index < -0.39 is 12.2 Å². The Kier molecular flexibility index (Phi) is 7.63. The number of nitrogens with one attached hydrogen (secondary N) is 2. The Balaban J connectivity index is 1.32. The number of nitrogens with zero attached hydrogens (tertiary/aromatic N) is 3. The fourth-order valence-electron chi connectivity index (χ4n) is 5.40. The lowest BCUT2D eigenvalue weighted by Crippen LogP contribution is -2.47. The highest BCUT2D eigenvalue weighted by molar-refractivity contribution is 6.14. The Hall–Kier alpha value is -3.23. The van der Waals surface area contributed by atoms with Crippen molar-refractivity contribution >= 4 is 29.0 Å². The van der Waals surface area contributed by atoms with Crippen LogP contribution in [0.2, 0.25) is 0 Å². The van der Waals surface area contributed by atoms with Crippen LogP contribution in [0, 0.1) is 5.92 Å². The predicted molar refractivity (Wildman–Crippen MR) is 141 cm³/mol. The standard InChI is InChI=1S/C28H35N5O3/c1-32-24-13-6-5-12-23(24)25(21-9-3-2-4-10-21)30-26(27(32)34)31-28(35)29-22-11-7-8-20(18-22)19-33-14-16-36-17-15-33/h5-8,11-13,18,21,26H,2-4,9-10,14-17,19H2,1H3,(H2,29,31,35). The number of morpholine rings is 1. The van der Waals surface area contributed by atoms with Gasteiger partial charge in [0.2, 0.25) is 6.17 Å². The fourth-order valence-corrected chi connectivity index (χ4v) is 5.40. The molecule has 1 saturated heterocycles. The number of ether oxygens (including phenoxy) is 1. The third kappa shape index (κ3) is 5.60. The van der Waals surface area contributed by atoms with Crippen LogP contribution in [0.3, 0.4) is 0 Å². The van der Waals surface area contributed by atoms with Crippen molar-refractivity contribution in [2.45, 2.75) is 44.8 Å². The first-order valence-corrected chi connectivity index (χ1v) is 13.0. The number of fused-ring (bicyclic) bond motifs is 1. The van der Waals surface area contributed by atoms with E-state index in [0.717, 1.165) is 81.1 Å². The summed E-state index contributed by atoms with van der Waals surface area (Å²) in [6, 6.07) is 15.3. The van der Waals surface area contributed by atoms with Crippen LogP contribution in [0.5, 0.6) is 0 Å². The van der Waals surface area contributed by atoms with E-state index in [-0.39, 0.29) is 5.91 Å². The van der Waals surface area contributed by atoms with Crippen LogP contribution in [0.25, 0.3) is 0 Å². The summed E-state index contributed by atoms with van der Waals surface area (Å²) in [6.45, 7) is 4.10. The first-order valence-electron chi connectivity index (χ1n) is 13.0. The van der Waals surface area contributed by atoms with E-state index in [1.54, 1.807) is 11.9 Å². The summed E-state index contributed by atoms with van der Waals surface area (Å²) in [7, 11) is 1.75. The molecule has 2 aromatic carbocycles. The molecule has 1 atom stereocenters. The lowest BCUT2D eigenvalue weighted by molar-refractivity contribution is -0.119. The minimum Gasteiger partial charge on any atom is -0.379 e. The average Bonchev–Trinajstić information content (AvgIpc) is 3.01. The van der Waals surface area contributed by atoms with Crippen molar-refractivity contribution in [2.24, 2.45) is 10.9 Å². The topological polar surface area (TPSA) is 86.3 Å². The van der Waals surface area contributed by atoms with E-state index in [1.165, 1.54) is 6.42 Å². The van der Waals surface area contributed by atoms with Crippen LogP contribution < -0.4 is 15.5 Å². The summed E-state index contributed by atoms with van der Waals surface area (Å²) in [5.41, 5.74) is 4.56. The third-order valence-corrected chi connectivity index (χ3v) is 7.33. The van der Waals surface area contributed by atoms with Gasteiger partial charge in [-0.15, -0.1) is 0 Å². The first kappa shape index (κ1) is 24.5. The minimum absolute atomic E-state index is 0.246. The van der Waals surface area contributed by atoms with Gasteiger partial charge in [0, 0.05) is 43.9 Å². The molecule has 2 aliphatic heterocycles. The first-order chi connectivity index (χ1) is 17.6. The number of benzodiazepines with no additional fused rings is 1. The second kappa shape index (κ2) is 11.2. The molecule has 3 aliphatic rings. The third-order valence-electron chi connectivity index (χ3n) is 7.33. The Morgan fingerprint density at radius 3 is 2.64 bits per heavy atom. The fraction of sp³-hybridized carbons (Fsp3) is 0.464. The van der Waals surface area contributed by atoms with Gasteiger partial charge in [-0.2, -0.15) is 0 Å². The molecule has 3 amide bonds. The van der Waals surface area contributed by atoms with E-state index in [9.17, 15) is 9.59 Å². The van der Waals surface area contributed by atoms with Gasteiger partial charge in [-0.1, -0.05) is 49.6 Å². The number of rotatable bonds is 5. The molecule has 5 rings (SSSR count). The van der Waals surface area contributed by atoms with Crippen molar-refractivity contribution in [3.05, 3.63) is 59.7 Å². The lowest BCUT2D eigenvalue weighted by Gasteiger charge is -2.26. The molecular formula is C28H35N5O3. The van der Waals surface area contributed by atoms with Gasteiger partial charge < -0.3 is 20.3 Å². The zero-order valence-corrected chi connectivity index (χ0v) is 20.9. The number of hydrogen-bond acceptors (Lipinski definition) is 5. The summed E-state index contributed by atoms with van der Waals surface area (Å²) in [6.07, 6.45) is 4.69. The number of para-hydroxylation sites is 1. The van der Waals surface area contributed by atoms with Crippen LogP contribution in [0.1, 0.15) is 43.2 Å². The van der Waals surface area contributed by atoms with Crippen LogP contribution in [0.15, 0.2) is 53.5 Å². The highest BCUT2D eigenvalue weighted by Crippen LogP contribution is 2.33. The highest BCUT2D eigenvalue weighted by atomic mass is 16.5. The number of benzene rings is 2. The van der Waals surface area contributed by atoms with Crippen LogP contribution in [-0.2, 0) is 16.1 Å². The molecule has 1 unspecified atom stereocenters. The average molecular weight is 490 g/mol. The van der Waals surface area contributed by atoms with Gasteiger partial charge in [-0.3, -0.25) is 14.7 Å². The maximum absolute atomic E-state index is 13.4. The number of amides is 3. The monoisotopic (exact) mass is 489 g/mol. The molecule has 0 aromatic heterocycles. The molecule has 8 nitrogen and oxygen atoms in total. The maximum Gasteiger partial charge on any atom is 0.321 e. The molecule has 36 heavy (non-hydrogen) atoms. The van der Waals surface area contributed by atoms with Crippen molar-refractivity contribution < 1.29 is 14.3 Å². The molecular weight excluding hydrogens is 454 g/mol. The van der Waals surface area contributed by atoms with Gasteiger partial charge in [0.25, 0.3) is 5.91 Å². The number of likely N-dealkylation sites (N-methyl/N-ethyl adjacent to an activating group) is 1. The molecule has 0 radical (unpaired) electrons. The van der Waals surface area contributed by atoms with Crippen molar-refractivity contribution in [2.75, 3.05) is 43.6 Å². The largest absolute Gasteiger partial charge is 0.379 e. The van der Waals surface area contributed by atoms with E-state index in [2.05, 4.69) is 21.6 Å². The van der Waals surface area contributed by atoms with Crippen molar-refractivity contribution in [3.63, 3.8) is 0 Å². The van der Waals surface area contributed by atoms with Crippen molar-refractivity contribution in [3.8, 4) is 0 Å². The quantitative estimate of drug-likeness (QED) is 0.665. The molecule has 2 fully saturated rings. The van der Waals surface area contributed by atoms with Crippen molar-refractivity contribution in [1.29, 1.82) is 0 Å². The minimum atomic E-state index is -0.976. The summed E-state index contributed by atoms with van der Waals surface area (Å²) in [5, 5.41) is 5.74. The second-order valence-electron chi connectivity index (χ2n) is 9.85. The van der Waals surface area contributed by atoms with E-state index in [0.29, 0.717) is 11.6 Å². The van der Waals surface area contributed by atoms with Crippen molar-refractivity contribution in [1.82, 2.24) is 10.2 Å². The number of anilines is 2. The molecule has 0 spiro atoms. The number of aliphatic imine (C=N–C) groups is 1. The highest BCUT2D eigenvalue weighted by Gasteiger charge is 2.33. The SMILES string of the molecule is CN1C(=O)C(NC(=O)Nc2cccc(CN3CCOCC3)c2)N=C(C2CCCCC2)c2ccccc21. The Morgan fingerprint density at radius 1 is 1.06 bits per heavy atom. The van der Waals surface area contributed by atoms with E-state index in [4.69, 9.17) is 9.73 Å². The molecule has 0 bridgehead atoms. The molecule has 2 aromatic rings.